The highest BCUT2D eigenvalue weighted by atomic mass is 16.1. The van der Waals surface area contributed by atoms with Crippen LogP contribution in [0, 0.1) is 0 Å². The largest absolute Gasteiger partial charge is 0.310 e. The molecule has 0 radical (unpaired) electrons. The first kappa shape index (κ1) is 14.1. The first-order valence-electron chi connectivity index (χ1n) is 5.77. The molecule has 0 aromatic heterocycles. The number of nitrogens with one attached hydrogen (secondary N) is 1. The number of likely N-dealkylation sites (N-methyl/N-ethyl adjacent to an activating group) is 1. The Bertz CT molecular complexity index is 241. The molecule has 0 saturated carbocycles. The highest BCUT2D eigenvalue weighted by molar-refractivity contribution is 5.81. The molecule has 1 atom stereocenters. The number of hydrogen-bond acceptors (Lipinski definition) is 2. The molecule has 0 amide bonds. The maximum atomic E-state index is 11.1. The van der Waals surface area contributed by atoms with Crippen molar-refractivity contribution in [2.24, 2.45) is 0 Å². The lowest BCUT2D eigenvalue weighted by Gasteiger charge is -2.14. The van der Waals surface area contributed by atoms with E-state index in [9.17, 15) is 4.79 Å². The van der Waals surface area contributed by atoms with Gasteiger partial charge in [0.25, 0.3) is 0 Å². The van der Waals surface area contributed by atoms with Gasteiger partial charge in [0.15, 0.2) is 0 Å². The monoisotopic (exact) mass is 209 g/mol. The van der Waals surface area contributed by atoms with Crippen LogP contribution in [0.4, 0.5) is 0 Å². The van der Waals surface area contributed by atoms with Gasteiger partial charge in [-0.25, -0.2) is 0 Å². The summed E-state index contributed by atoms with van der Waals surface area (Å²) < 4.78 is 0. The molecule has 86 valence electrons. The topological polar surface area (TPSA) is 29.1 Å². The summed E-state index contributed by atoms with van der Waals surface area (Å²) in [6.07, 6.45) is 9.57. The van der Waals surface area contributed by atoms with Crippen LogP contribution in [-0.4, -0.2) is 18.9 Å². The second-order valence-electron chi connectivity index (χ2n) is 3.41. The van der Waals surface area contributed by atoms with E-state index in [-0.39, 0.29) is 11.8 Å². The Morgan fingerprint density at radius 2 is 2.13 bits per heavy atom. The quantitative estimate of drug-likeness (QED) is 0.771. The molecule has 0 bridgehead atoms. The van der Waals surface area contributed by atoms with Crippen molar-refractivity contribution in [2.75, 3.05) is 7.05 Å². The molecule has 2 heteroatoms. The van der Waals surface area contributed by atoms with E-state index in [0.717, 1.165) is 19.3 Å². The number of Topliss-reactive ketones (excluding diaryl/α,β-unsaturated/α-hetero) is 1. The normalized spacial score (nSPS) is 16.1. The van der Waals surface area contributed by atoms with Crippen molar-refractivity contribution in [1.29, 1.82) is 0 Å². The van der Waals surface area contributed by atoms with Gasteiger partial charge in [-0.3, -0.25) is 4.79 Å². The highest BCUT2D eigenvalue weighted by Crippen LogP contribution is 2.14. The van der Waals surface area contributed by atoms with Gasteiger partial charge >= 0.3 is 0 Å². The van der Waals surface area contributed by atoms with Crippen LogP contribution in [0.5, 0.6) is 0 Å². The molecule has 0 aromatic carbocycles. The van der Waals surface area contributed by atoms with Crippen molar-refractivity contribution in [3.05, 3.63) is 23.8 Å². The first-order chi connectivity index (χ1) is 7.24. The summed E-state index contributed by atoms with van der Waals surface area (Å²) in [5, 5.41) is 3.02. The molecule has 0 fully saturated rings. The molecule has 0 aliphatic heterocycles. The fraction of sp³-hybridized carbons (Fsp3) is 0.615. The molecule has 0 spiro atoms. The van der Waals surface area contributed by atoms with Crippen LogP contribution in [0.3, 0.4) is 0 Å². The van der Waals surface area contributed by atoms with E-state index in [1.54, 1.807) is 6.92 Å². The standard InChI is InChI=1S/C11H17NO.C2H6/c1-9(13)11(12-2)8-10-6-4-3-5-7-10;1-2/h4,6-7,11-12H,3,5,8H2,1-2H3;1-2H3. The van der Waals surface area contributed by atoms with Gasteiger partial charge in [-0.15, -0.1) is 0 Å². The van der Waals surface area contributed by atoms with Gasteiger partial charge in [0.1, 0.15) is 5.78 Å². The maximum absolute atomic E-state index is 11.1. The molecule has 0 heterocycles. The van der Waals surface area contributed by atoms with E-state index < -0.39 is 0 Å². The maximum Gasteiger partial charge on any atom is 0.147 e. The lowest BCUT2D eigenvalue weighted by atomic mass is 9.98. The van der Waals surface area contributed by atoms with E-state index in [2.05, 4.69) is 23.5 Å². The summed E-state index contributed by atoms with van der Waals surface area (Å²) in [6, 6.07) is -0.0194. The number of allylic oxidation sites excluding steroid dienone is 3. The van der Waals surface area contributed by atoms with Crippen molar-refractivity contribution in [1.82, 2.24) is 5.32 Å². The Kier molecular flexibility index (Phi) is 7.92. The third-order valence-corrected chi connectivity index (χ3v) is 2.35. The smallest absolute Gasteiger partial charge is 0.147 e. The molecule has 1 aliphatic carbocycles. The Hall–Kier alpha value is -0.890. The van der Waals surface area contributed by atoms with Crippen LogP contribution in [-0.2, 0) is 4.79 Å². The molecular formula is C13H23NO. The van der Waals surface area contributed by atoms with Crippen molar-refractivity contribution in [2.45, 2.75) is 46.1 Å². The van der Waals surface area contributed by atoms with Crippen LogP contribution in [0.2, 0.25) is 0 Å². The SMILES string of the molecule is CC.CNC(CC1=CCCC=C1)C(C)=O. The average molecular weight is 209 g/mol. The van der Waals surface area contributed by atoms with Crippen LogP contribution in [0.1, 0.15) is 40.0 Å². The number of carbonyl (C=O) groups excluding carboxylic acids is 1. The molecule has 1 unspecified atom stereocenters. The van der Waals surface area contributed by atoms with Crippen LogP contribution >= 0.6 is 0 Å². The van der Waals surface area contributed by atoms with Gasteiger partial charge in [-0.05, 0) is 33.2 Å². The third-order valence-electron chi connectivity index (χ3n) is 2.35. The van der Waals surface area contributed by atoms with Gasteiger partial charge in [-0.1, -0.05) is 37.6 Å². The Morgan fingerprint density at radius 1 is 1.47 bits per heavy atom. The fourth-order valence-corrected chi connectivity index (χ4v) is 1.50. The second-order valence-corrected chi connectivity index (χ2v) is 3.41. The van der Waals surface area contributed by atoms with Gasteiger partial charge in [0.2, 0.25) is 0 Å². The summed E-state index contributed by atoms with van der Waals surface area (Å²) in [5.74, 6) is 0.211. The zero-order valence-electron chi connectivity index (χ0n) is 10.3. The lowest BCUT2D eigenvalue weighted by Crippen LogP contribution is -2.32. The van der Waals surface area contributed by atoms with E-state index in [4.69, 9.17) is 0 Å². The van der Waals surface area contributed by atoms with Crippen molar-refractivity contribution < 1.29 is 4.79 Å². The number of hydrogen-bond donors (Lipinski definition) is 1. The molecule has 1 N–H and O–H groups in total. The highest BCUT2D eigenvalue weighted by Gasteiger charge is 2.12. The van der Waals surface area contributed by atoms with Gasteiger partial charge < -0.3 is 5.32 Å². The van der Waals surface area contributed by atoms with Crippen LogP contribution < -0.4 is 5.32 Å². The third kappa shape index (κ3) is 5.53. The predicted octanol–water partition coefficient (Wildman–Crippen LogP) is 2.86. The lowest BCUT2D eigenvalue weighted by molar-refractivity contribution is -0.118. The average Bonchev–Trinajstić information content (AvgIpc) is 2.29. The Morgan fingerprint density at radius 3 is 2.53 bits per heavy atom. The zero-order chi connectivity index (χ0) is 11.7. The van der Waals surface area contributed by atoms with Crippen LogP contribution in [0.15, 0.2) is 23.8 Å². The van der Waals surface area contributed by atoms with Gasteiger partial charge in [0, 0.05) is 0 Å². The molecule has 2 nitrogen and oxygen atoms in total. The van der Waals surface area contributed by atoms with E-state index >= 15 is 0 Å². The predicted molar refractivity (Wildman–Crippen MR) is 66.0 cm³/mol. The number of ketones is 1. The Balaban J connectivity index is 0.000000921. The minimum atomic E-state index is -0.0194. The Labute approximate surface area is 93.5 Å². The molecule has 0 aromatic rings. The molecule has 1 rings (SSSR count). The second kappa shape index (κ2) is 8.42. The molecule has 1 aliphatic rings. The van der Waals surface area contributed by atoms with E-state index in [1.807, 2.05) is 20.9 Å². The molecule has 15 heavy (non-hydrogen) atoms. The van der Waals surface area contributed by atoms with Crippen molar-refractivity contribution >= 4 is 5.78 Å². The van der Waals surface area contributed by atoms with E-state index in [0.29, 0.717) is 0 Å². The molecule has 0 saturated heterocycles. The summed E-state index contributed by atoms with van der Waals surface area (Å²) in [4.78, 5) is 11.1. The van der Waals surface area contributed by atoms with Crippen molar-refractivity contribution in [3.8, 4) is 0 Å². The van der Waals surface area contributed by atoms with Gasteiger partial charge in [0.05, 0.1) is 6.04 Å². The fourth-order valence-electron chi connectivity index (χ4n) is 1.50. The number of carbonyl (C=O) groups is 1. The van der Waals surface area contributed by atoms with Crippen molar-refractivity contribution in [3.63, 3.8) is 0 Å². The zero-order valence-corrected chi connectivity index (χ0v) is 10.3. The number of rotatable bonds is 4. The minimum absolute atomic E-state index is 0.0194. The minimum Gasteiger partial charge on any atom is -0.310 e. The summed E-state index contributed by atoms with van der Waals surface area (Å²) in [6.45, 7) is 5.63. The summed E-state index contributed by atoms with van der Waals surface area (Å²) in [5.41, 5.74) is 1.28. The first-order valence-corrected chi connectivity index (χ1v) is 5.77. The van der Waals surface area contributed by atoms with Crippen LogP contribution in [0.25, 0.3) is 0 Å². The van der Waals surface area contributed by atoms with Gasteiger partial charge in [-0.2, -0.15) is 0 Å². The summed E-state index contributed by atoms with van der Waals surface area (Å²) >= 11 is 0. The van der Waals surface area contributed by atoms with E-state index in [1.165, 1.54) is 5.57 Å². The summed E-state index contributed by atoms with van der Waals surface area (Å²) in [7, 11) is 1.83. The molecular weight excluding hydrogens is 186 g/mol.